The Morgan fingerprint density at radius 2 is 1.74 bits per heavy atom. The van der Waals surface area contributed by atoms with Crippen molar-refractivity contribution in [3.63, 3.8) is 0 Å². The molecule has 1 amide bonds. The fraction of sp³-hybridized carbons (Fsp3) is 0.464. The van der Waals surface area contributed by atoms with Crippen LogP contribution in [0.25, 0.3) is 10.9 Å². The molecule has 0 radical (unpaired) electrons. The van der Waals surface area contributed by atoms with E-state index in [9.17, 15) is 18.0 Å². The number of aromatic nitrogens is 1. The van der Waals surface area contributed by atoms with E-state index in [0.29, 0.717) is 11.5 Å². The Morgan fingerprint density at radius 3 is 2.38 bits per heavy atom. The fourth-order valence-corrected chi connectivity index (χ4v) is 4.89. The van der Waals surface area contributed by atoms with Gasteiger partial charge in [0.15, 0.2) is 0 Å². The van der Waals surface area contributed by atoms with Gasteiger partial charge in [-0.25, -0.2) is 0 Å². The van der Waals surface area contributed by atoms with Crippen molar-refractivity contribution < 1.29 is 18.0 Å². The van der Waals surface area contributed by atoms with Crippen LogP contribution in [0.3, 0.4) is 0 Å². The molecule has 1 unspecified atom stereocenters. The molecule has 3 nitrogen and oxygen atoms in total. The van der Waals surface area contributed by atoms with Gasteiger partial charge in [0.1, 0.15) is 0 Å². The Labute approximate surface area is 200 Å². The van der Waals surface area contributed by atoms with E-state index in [-0.39, 0.29) is 6.42 Å². The van der Waals surface area contributed by atoms with Crippen LogP contribution in [0.5, 0.6) is 0 Å². The summed E-state index contributed by atoms with van der Waals surface area (Å²) in [6.07, 6.45) is 4.94. The van der Waals surface area contributed by atoms with Gasteiger partial charge >= 0.3 is 6.18 Å². The van der Waals surface area contributed by atoms with Gasteiger partial charge in [-0.1, -0.05) is 75.9 Å². The molecule has 6 heteroatoms. The van der Waals surface area contributed by atoms with Gasteiger partial charge < -0.3 is 10.3 Å². The number of rotatable bonds is 6. The molecule has 0 spiro atoms. The summed E-state index contributed by atoms with van der Waals surface area (Å²) >= 11 is 0. The average Bonchev–Trinajstić information content (AvgIpc) is 3.16. The van der Waals surface area contributed by atoms with Crippen molar-refractivity contribution in [2.24, 2.45) is 11.7 Å². The van der Waals surface area contributed by atoms with Gasteiger partial charge in [-0.05, 0) is 42.0 Å². The number of benzene rings is 2. The second-order valence-corrected chi connectivity index (χ2v) is 9.31. The first-order chi connectivity index (χ1) is 16.2. The van der Waals surface area contributed by atoms with E-state index < -0.39 is 23.6 Å². The SMILES string of the molecule is CCC.NC(=O)CC(c1cccc(C(F)(F)F)c1)c1cn(CC2CCCCC2)c2ccccc12. The summed E-state index contributed by atoms with van der Waals surface area (Å²) < 4.78 is 42.2. The lowest BCUT2D eigenvalue weighted by Crippen LogP contribution is -2.17. The lowest BCUT2D eigenvalue weighted by Gasteiger charge is -2.22. The summed E-state index contributed by atoms with van der Waals surface area (Å²) in [6.45, 7) is 5.13. The summed E-state index contributed by atoms with van der Waals surface area (Å²) in [7, 11) is 0. The monoisotopic (exact) mass is 472 g/mol. The summed E-state index contributed by atoms with van der Waals surface area (Å²) in [5.74, 6) is -0.468. The third-order valence-electron chi connectivity index (χ3n) is 6.40. The number of para-hydroxylation sites is 1. The third kappa shape index (κ3) is 6.43. The van der Waals surface area contributed by atoms with Gasteiger partial charge in [0.2, 0.25) is 5.91 Å². The lowest BCUT2D eigenvalue weighted by molar-refractivity contribution is -0.137. The van der Waals surface area contributed by atoms with Gasteiger partial charge in [-0.3, -0.25) is 4.79 Å². The molecule has 0 aliphatic heterocycles. The molecule has 1 aromatic heterocycles. The molecule has 1 aliphatic rings. The van der Waals surface area contributed by atoms with E-state index in [0.717, 1.165) is 35.1 Å². The Bertz CT molecular complexity index is 1080. The van der Waals surface area contributed by atoms with Crippen molar-refractivity contribution in [3.05, 3.63) is 71.4 Å². The van der Waals surface area contributed by atoms with Crippen molar-refractivity contribution in [2.45, 2.75) is 77.4 Å². The standard InChI is InChI=1S/C25H27F3N2O.C3H8/c26-25(27,28)19-10-6-9-18(13-19)21(14-24(29)31)22-16-30(15-17-7-2-1-3-8-17)23-12-5-4-11-20(22)23;1-3-2/h4-6,9-13,16-17,21H,1-3,7-8,14-15H2,(H2,29,31);3H2,1-2H3. The fourth-order valence-electron chi connectivity index (χ4n) is 4.89. The highest BCUT2D eigenvalue weighted by atomic mass is 19.4. The highest BCUT2D eigenvalue weighted by molar-refractivity contribution is 5.86. The number of halogens is 3. The van der Waals surface area contributed by atoms with E-state index in [2.05, 4.69) is 18.4 Å². The molecule has 0 saturated heterocycles. The molecule has 0 bridgehead atoms. The first-order valence-corrected chi connectivity index (χ1v) is 12.3. The highest BCUT2D eigenvalue weighted by Gasteiger charge is 2.32. The maximum atomic E-state index is 13.3. The molecule has 34 heavy (non-hydrogen) atoms. The summed E-state index contributed by atoms with van der Waals surface area (Å²) in [5, 5.41) is 0.960. The predicted molar refractivity (Wildman–Crippen MR) is 132 cm³/mol. The predicted octanol–water partition coefficient (Wildman–Crippen LogP) is 7.66. The van der Waals surface area contributed by atoms with E-state index in [1.807, 2.05) is 30.5 Å². The van der Waals surface area contributed by atoms with Gasteiger partial charge in [0, 0.05) is 36.0 Å². The number of primary amides is 1. The number of hydrogen-bond donors (Lipinski definition) is 1. The van der Waals surface area contributed by atoms with Crippen molar-refractivity contribution >= 4 is 16.8 Å². The minimum atomic E-state index is -4.44. The van der Waals surface area contributed by atoms with E-state index in [1.165, 1.54) is 44.6 Å². The van der Waals surface area contributed by atoms with E-state index in [1.54, 1.807) is 6.07 Å². The van der Waals surface area contributed by atoms with Crippen LogP contribution in [0.1, 0.15) is 81.4 Å². The third-order valence-corrected chi connectivity index (χ3v) is 6.40. The van der Waals surface area contributed by atoms with Crippen LogP contribution in [0, 0.1) is 5.92 Å². The molecule has 1 atom stereocenters. The molecular weight excluding hydrogens is 437 g/mol. The molecule has 3 aromatic rings. The minimum Gasteiger partial charge on any atom is -0.370 e. The number of hydrogen-bond acceptors (Lipinski definition) is 1. The molecule has 1 saturated carbocycles. The number of carbonyl (C=O) groups is 1. The highest BCUT2D eigenvalue weighted by Crippen LogP contribution is 2.38. The van der Waals surface area contributed by atoms with Crippen LogP contribution >= 0.6 is 0 Å². The minimum absolute atomic E-state index is 0.0429. The first kappa shape index (κ1) is 25.9. The van der Waals surface area contributed by atoms with Crippen LogP contribution in [0.4, 0.5) is 13.2 Å². The van der Waals surface area contributed by atoms with Crippen LogP contribution < -0.4 is 5.73 Å². The van der Waals surface area contributed by atoms with Crippen molar-refractivity contribution in [3.8, 4) is 0 Å². The normalized spacial score (nSPS) is 15.6. The summed E-state index contributed by atoms with van der Waals surface area (Å²) in [5.41, 5.74) is 7.16. The van der Waals surface area contributed by atoms with Crippen LogP contribution in [-0.2, 0) is 17.5 Å². The Balaban J connectivity index is 0.00000103. The van der Waals surface area contributed by atoms with Gasteiger partial charge in [0.25, 0.3) is 0 Å². The zero-order valence-electron chi connectivity index (χ0n) is 20.1. The molecule has 2 aromatic carbocycles. The Kier molecular flexibility index (Phi) is 8.81. The van der Waals surface area contributed by atoms with E-state index in [4.69, 9.17) is 5.73 Å². The molecule has 1 aliphatic carbocycles. The second-order valence-electron chi connectivity index (χ2n) is 9.31. The second kappa shape index (κ2) is 11.6. The lowest BCUT2D eigenvalue weighted by atomic mass is 9.87. The zero-order chi connectivity index (χ0) is 24.7. The van der Waals surface area contributed by atoms with Gasteiger partial charge in [0.05, 0.1) is 5.56 Å². The van der Waals surface area contributed by atoms with Gasteiger partial charge in [-0.2, -0.15) is 13.2 Å². The topological polar surface area (TPSA) is 48.0 Å². The smallest absolute Gasteiger partial charge is 0.370 e. The van der Waals surface area contributed by atoms with Crippen LogP contribution in [0.15, 0.2) is 54.7 Å². The largest absolute Gasteiger partial charge is 0.416 e. The Morgan fingerprint density at radius 1 is 1.06 bits per heavy atom. The molecule has 2 N–H and O–H groups in total. The summed E-state index contributed by atoms with van der Waals surface area (Å²) in [4.78, 5) is 11.9. The number of alkyl halides is 3. The number of fused-ring (bicyclic) bond motifs is 1. The molecule has 1 fully saturated rings. The number of carbonyl (C=O) groups excluding carboxylic acids is 1. The first-order valence-electron chi connectivity index (χ1n) is 12.3. The van der Waals surface area contributed by atoms with E-state index >= 15 is 0 Å². The maximum Gasteiger partial charge on any atom is 0.416 e. The van der Waals surface area contributed by atoms with Gasteiger partial charge in [-0.15, -0.1) is 0 Å². The van der Waals surface area contributed by atoms with Crippen LogP contribution in [-0.4, -0.2) is 10.5 Å². The molecule has 1 heterocycles. The zero-order valence-corrected chi connectivity index (χ0v) is 20.1. The van der Waals surface area contributed by atoms with Crippen molar-refractivity contribution in [2.75, 3.05) is 0 Å². The van der Waals surface area contributed by atoms with Crippen molar-refractivity contribution in [1.82, 2.24) is 4.57 Å². The average molecular weight is 473 g/mol. The van der Waals surface area contributed by atoms with Crippen LogP contribution in [0.2, 0.25) is 0 Å². The molecule has 4 rings (SSSR count). The van der Waals surface area contributed by atoms with Crippen molar-refractivity contribution in [1.29, 1.82) is 0 Å². The molecule has 184 valence electrons. The number of nitrogens with zero attached hydrogens (tertiary/aromatic N) is 1. The molecular formula is C28H35F3N2O. The maximum absolute atomic E-state index is 13.3. The number of amides is 1. The Hall–Kier alpha value is -2.76. The quantitative estimate of drug-likeness (QED) is 0.393. The summed E-state index contributed by atoms with van der Waals surface area (Å²) in [6, 6.07) is 13.1. The number of nitrogens with two attached hydrogens (primary N) is 1.